The van der Waals surface area contributed by atoms with Crippen LogP contribution in [0, 0.1) is 58.2 Å². The molecule has 0 radical (unpaired) electrons. The van der Waals surface area contributed by atoms with E-state index in [2.05, 4.69) is 18.3 Å². The van der Waals surface area contributed by atoms with Crippen molar-refractivity contribution in [1.82, 2.24) is 0 Å². The molecule has 3 aromatic carbocycles. The van der Waals surface area contributed by atoms with Crippen molar-refractivity contribution in [3.05, 3.63) is 99.9 Å². The molecule has 0 N–H and O–H groups in total. The highest BCUT2D eigenvalue weighted by atomic mass is 19.2. The summed E-state index contributed by atoms with van der Waals surface area (Å²) in [5, 5.41) is -5.84. The van der Waals surface area contributed by atoms with Crippen LogP contribution in [0.25, 0.3) is 21.5 Å². The van der Waals surface area contributed by atoms with Gasteiger partial charge in [0.15, 0.2) is 11.5 Å². The van der Waals surface area contributed by atoms with E-state index < -0.39 is 125 Å². The smallest absolute Gasteiger partial charge is 0.350 e. The molecule has 5 aromatic rings. The fraction of sp³-hybridized carbons (Fsp3) is 0. The number of benzene rings is 3. The van der Waals surface area contributed by atoms with E-state index in [1.54, 1.807) is 0 Å². The lowest BCUT2D eigenvalue weighted by atomic mass is 10.1. The number of ether oxygens (including phenoxy) is 2. The Bertz CT molecular complexity index is 1870. The van der Waals surface area contributed by atoms with Crippen molar-refractivity contribution in [3.8, 4) is 23.0 Å². The van der Waals surface area contributed by atoms with Crippen LogP contribution in [0.5, 0.6) is 23.0 Å². The predicted molar refractivity (Wildman–Crippen MR) is 106 cm³/mol. The van der Waals surface area contributed by atoms with Crippen molar-refractivity contribution < 1.29 is 62.2 Å². The summed E-state index contributed by atoms with van der Waals surface area (Å²) in [6.45, 7) is 0. The van der Waals surface area contributed by atoms with Crippen molar-refractivity contribution in [2.24, 2.45) is 0 Å². The molecule has 18 heteroatoms. The number of halogens is 10. The molecule has 0 spiro atoms. The van der Waals surface area contributed by atoms with E-state index in [4.69, 9.17) is 0 Å². The van der Waals surface area contributed by atoms with Gasteiger partial charge >= 0.3 is 22.5 Å². The van der Waals surface area contributed by atoms with Gasteiger partial charge in [-0.1, -0.05) is 0 Å². The maximum atomic E-state index is 14.3. The zero-order valence-corrected chi connectivity index (χ0v) is 18.0. The Balaban J connectivity index is 1.93. The molecule has 206 valence electrons. The maximum Gasteiger partial charge on any atom is 0.350 e. The van der Waals surface area contributed by atoms with Gasteiger partial charge in [0.2, 0.25) is 69.7 Å². The summed E-state index contributed by atoms with van der Waals surface area (Å²) in [4.78, 5) is 49.6. The standard InChI is InChI=1S/C22F10O8/c23-5-7(25)11(29)17(12(30)8(5)26)37-15-1-2(20(34)39-19(1)33)16(4-3(15)21(35)40-22(4)36)38-18-13(31)9(27)6(24)10(28)14(18)32. The third-order valence-corrected chi connectivity index (χ3v) is 5.34. The summed E-state index contributed by atoms with van der Waals surface area (Å²) in [5.41, 5.74) is -7.63. The molecule has 0 bridgehead atoms. The zero-order chi connectivity index (χ0) is 29.5. The van der Waals surface area contributed by atoms with E-state index in [1.165, 1.54) is 0 Å². The summed E-state index contributed by atoms with van der Waals surface area (Å²) in [6.07, 6.45) is 0. The summed E-state index contributed by atoms with van der Waals surface area (Å²) >= 11 is 0. The van der Waals surface area contributed by atoms with Gasteiger partial charge < -0.3 is 18.3 Å². The fourth-order valence-electron chi connectivity index (χ4n) is 3.61. The van der Waals surface area contributed by atoms with E-state index in [1.807, 2.05) is 0 Å². The normalized spacial score (nSPS) is 11.7. The Labute approximate surface area is 207 Å². The Morgan fingerprint density at radius 2 is 0.525 bits per heavy atom. The van der Waals surface area contributed by atoms with Crippen molar-refractivity contribution in [3.63, 3.8) is 0 Å². The topological polar surface area (TPSA) is 113 Å². The molecule has 0 fully saturated rings. The van der Waals surface area contributed by atoms with E-state index in [9.17, 15) is 63.1 Å². The van der Waals surface area contributed by atoms with Gasteiger partial charge in [-0.25, -0.2) is 45.5 Å². The van der Waals surface area contributed by atoms with Gasteiger partial charge in [-0.05, 0) is 0 Å². The van der Waals surface area contributed by atoms with Gasteiger partial charge in [0, 0.05) is 0 Å². The molecule has 0 unspecified atom stereocenters. The second-order valence-electron chi connectivity index (χ2n) is 7.51. The van der Waals surface area contributed by atoms with Crippen molar-refractivity contribution in [2.75, 3.05) is 0 Å². The first-order valence-corrected chi connectivity index (χ1v) is 9.84. The zero-order valence-electron chi connectivity index (χ0n) is 18.0. The largest absolute Gasteiger partial charge is 0.449 e. The van der Waals surface area contributed by atoms with Crippen LogP contribution in [0.15, 0.2) is 28.0 Å². The molecule has 0 amide bonds. The minimum Gasteiger partial charge on any atom is -0.449 e. The van der Waals surface area contributed by atoms with Crippen LogP contribution in [0.1, 0.15) is 0 Å². The maximum absolute atomic E-state index is 14.3. The average Bonchev–Trinajstić information content (AvgIpc) is 3.39. The third kappa shape index (κ3) is 3.41. The van der Waals surface area contributed by atoms with Crippen LogP contribution in [-0.4, -0.2) is 0 Å². The first-order chi connectivity index (χ1) is 18.7. The van der Waals surface area contributed by atoms with E-state index in [0.717, 1.165) is 0 Å². The van der Waals surface area contributed by atoms with Gasteiger partial charge in [0.05, 0.1) is 0 Å². The number of hydrogen-bond donors (Lipinski definition) is 0. The van der Waals surface area contributed by atoms with Crippen molar-refractivity contribution in [1.29, 1.82) is 0 Å². The van der Waals surface area contributed by atoms with Crippen molar-refractivity contribution in [2.45, 2.75) is 0 Å². The van der Waals surface area contributed by atoms with Crippen LogP contribution in [0.3, 0.4) is 0 Å². The van der Waals surface area contributed by atoms with Crippen LogP contribution in [-0.2, 0) is 0 Å². The Morgan fingerprint density at radius 3 is 0.750 bits per heavy atom. The molecule has 0 aliphatic heterocycles. The van der Waals surface area contributed by atoms with E-state index in [-0.39, 0.29) is 0 Å². The number of furan rings is 2. The highest BCUT2D eigenvalue weighted by molar-refractivity contribution is 6.10. The minimum atomic E-state index is -2.66. The molecule has 8 nitrogen and oxygen atoms in total. The summed E-state index contributed by atoms with van der Waals surface area (Å²) in [7, 11) is 0. The molecular formula is C22F10O8. The number of hydrogen-bond acceptors (Lipinski definition) is 8. The third-order valence-electron chi connectivity index (χ3n) is 5.34. The lowest BCUT2D eigenvalue weighted by molar-refractivity contribution is 0.333. The van der Waals surface area contributed by atoms with Gasteiger partial charge in [0.1, 0.15) is 21.5 Å². The van der Waals surface area contributed by atoms with Crippen LogP contribution in [0.2, 0.25) is 0 Å². The first-order valence-electron chi connectivity index (χ1n) is 9.84. The molecule has 40 heavy (non-hydrogen) atoms. The second-order valence-corrected chi connectivity index (χ2v) is 7.51. The van der Waals surface area contributed by atoms with E-state index >= 15 is 0 Å². The van der Waals surface area contributed by atoms with Crippen LogP contribution >= 0.6 is 0 Å². The van der Waals surface area contributed by atoms with Gasteiger partial charge in [-0.15, -0.1) is 0 Å². The Hall–Kier alpha value is -5.16. The molecule has 2 aromatic heterocycles. The molecule has 0 saturated carbocycles. The lowest BCUT2D eigenvalue weighted by Gasteiger charge is -2.14. The average molecular weight is 582 g/mol. The summed E-state index contributed by atoms with van der Waals surface area (Å²) in [6, 6.07) is 0. The minimum absolute atomic E-state index is 1.46. The quantitative estimate of drug-likeness (QED) is 0.173. The summed E-state index contributed by atoms with van der Waals surface area (Å²) in [5.74, 6) is -33.8. The Morgan fingerprint density at radius 1 is 0.325 bits per heavy atom. The number of rotatable bonds is 4. The van der Waals surface area contributed by atoms with Gasteiger partial charge in [-0.2, -0.15) is 17.6 Å². The molecular weight excluding hydrogens is 582 g/mol. The molecule has 5 rings (SSSR count). The monoisotopic (exact) mass is 582 g/mol. The van der Waals surface area contributed by atoms with Gasteiger partial charge in [-0.3, -0.25) is 0 Å². The highest BCUT2D eigenvalue weighted by Gasteiger charge is 2.35. The van der Waals surface area contributed by atoms with E-state index in [0.29, 0.717) is 0 Å². The molecule has 0 aliphatic carbocycles. The van der Waals surface area contributed by atoms with Crippen molar-refractivity contribution >= 4 is 21.5 Å². The fourth-order valence-corrected chi connectivity index (χ4v) is 3.61. The van der Waals surface area contributed by atoms with Gasteiger partial charge in [0.25, 0.3) is 0 Å². The van der Waals surface area contributed by atoms with Crippen LogP contribution in [0.4, 0.5) is 43.9 Å². The first kappa shape index (κ1) is 26.4. The van der Waals surface area contributed by atoms with Crippen LogP contribution < -0.4 is 32.0 Å². The SMILES string of the molecule is O=c1oc(=O)c2c(Oc3c(F)c(F)c(F)c(F)c3F)c3c(=O)oc(=O)c3c(Oc3c(F)c(F)c(F)c(F)c3F)c12. The molecule has 0 saturated heterocycles. The highest BCUT2D eigenvalue weighted by Crippen LogP contribution is 2.44. The number of fused-ring (bicyclic) bond motifs is 2. The second kappa shape index (κ2) is 8.68. The predicted octanol–water partition coefficient (Wildman–Crippen LogP) is 4.47. The lowest BCUT2D eigenvalue weighted by Crippen LogP contribution is -2.08. The summed E-state index contributed by atoms with van der Waals surface area (Å²) < 4.78 is 156. The Kier molecular flexibility index (Phi) is 5.74. The molecule has 0 aliphatic rings. The molecule has 0 atom stereocenters. The molecule has 2 heterocycles.